The van der Waals surface area contributed by atoms with E-state index in [1.807, 2.05) is 13.8 Å². The van der Waals surface area contributed by atoms with E-state index in [2.05, 4.69) is 6.58 Å². The molecule has 0 rings (SSSR count). The van der Waals surface area contributed by atoms with Crippen molar-refractivity contribution in [3.63, 3.8) is 0 Å². The van der Waals surface area contributed by atoms with Gasteiger partial charge in [0.2, 0.25) is 5.91 Å². The minimum atomic E-state index is 0.0538. The Morgan fingerprint density at radius 1 is 1.55 bits per heavy atom. The SMILES string of the molecule is C=C/C=C/N(C(C)=O)C(C)C. The van der Waals surface area contributed by atoms with Crippen LogP contribution in [-0.4, -0.2) is 16.8 Å². The zero-order valence-corrected chi connectivity index (χ0v) is 7.37. The molecule has 0 fully saturated rings. The fraction of sp³-hybridized carbons (Fsp3) is 0.444. The molecule has 0 unspecified atom stereocenters. The van der Waals surface area contributed by atoms with Crippen LogP contribution in [0.15, 0.2) is 24.9 Å². The minimum Gasteiger partial charge on any atom is -0.317 e. The summed E-state index contributed by atoms with van der Waals surface area (Å²) in [6, 6.07) is 0.212. The fourth-order valence-electron chi connectivity index (χ4n) is 0.794. The maximum absolute atomic E-state index is 10.9. The molecular weight excluding hydrogens is 138 g/mol. The number of amides is 1. The fourth-order valence-corrected chi connectivity index (χ4v) is 0.794. The average Bonchev–Trinajstić information content (AvgIpc) is 1.87. The van der Waals surface area contributed by atoms with Crippen LogP contribution >= 0.6 is 0 Å². The predicted molar refractivity (Wildman–Crippen MR) is 47.0 cm³/mol. The molecule has 0 aromatic carbocycles. The summed E-state index contributed by atoms with van der Waals surface area (Å²) < 4.78 is 0. The summed E-state index contributed by atoms with van der Waals surface area (Å²) in [5.74, 6) is 0.0538. The van der Waals surface area contributed by atoms with Gasteiger partial charge in [-0.05, 0) is 19.9 Å². The van der Waals surface area contributed by atoms with E-state index in [0.29, 0.717) is 0 Å². The minimum absolute atomic E-state index is 0.0538. The van der Waals surface area contributed by atoms with Crippen molar-refractivity contribution in [2.45, 2.75) is 26.8 Å². The highest BCUT2D eigenvalue weighted by atomic mass is 16.2. The summed E-state index contributed by atoms with van der Waals surface area (Å²) in [5, 5.41) is 0. The van der Waals surface area contributed by atoms with E-state index < -0.39 is 0 Å². The van der Waals surface area contributed by atoms with Crippen LogP contribution in [0, 0.1) is 0 Å². The van der Waals surface area contributed by atoms with Crippen molar-refractivity contribution in [3.8, 4) is 0 Å². The molecule has 0 aromatic rings. The van der Waals surface area contributed by atoms with Crippen LogP contribution in [0.25, 0.3) is 0 Å². The van der Waals surface area contributed by atoms with E-state index in [-0.39, 0.29) is 11.9 Å². The first-order valence-electron chi connectivity index (χ1n) is 3.67. The lowest BCUT2D eigenvalue weighted by Gasteiger charge is -2.20. The normalized spacial score (nSPS) is 10.5. The highest BCUT2D eigenvalue weighted by Crippen LogP contribution is 1.99. The van der Waals surface area contributed by atoms with Gasteiger partial charge in [-0.2, -0.15) is 0 Å². The van der Waals surface area contributed by atoms with Gasteiger partial charge < -0.3 is 4.90 Å². The zero-order chi connectivity index (χ0) is 8.85. The van der Waals surface area contributed by atoms with Crippen LogP contribution in [-0.2, 0) is 4.79 Å². The molecule has 0 saturated heterocycles. The number of carbonyl (C=O) groups is 1. The quantitative estimate of drug-likeness (QED) is 0.567. The van der Waals surface area contributed by atoms with Gasteiger partial charge in [-0.15, -0.1) is 0 Å². The van der Waals surface area contributed by atoms with Crippen LogP contribution in [0.4, 0.5) is 0 Å². The van der Waals surface area contributed by atoms with Gasteiger partial charge in [0.15, 0.2) is 0 Å². The third-order valence-corrected chi connectivity index (χ3v) is 1.30. The second-order valence-electron chi connectivity index (χ2n) is 2.60. The number of hydrogen-bond acceptors (Lipinski definition) is 1. The number of allylic oxidation sites excluding steroid dienone is 2. The molecule has 0 aliphatic rings. The Balaban J connectivity index is 4.22. The van der Waals surface area contributed by atoms with E-state index in [1.54, 1.807) is 30.2 Å². The van der Waals surface area contributed by atoms with Gasteiger partial charge in [0.25, 0.3) is 0 Å². The Morgan fingerprint density at radius 2 is 2.09 bits per heavy atom. The zero-order valence-electron chi connectivity index (χ0n) is 7.37. The smallest absolute Gasteiger partial charge is 0.223 e. The number of rotatable bonds is 3. The Bertz CT molecular complexity index is 170. The molecular formula is C9H15NO. The van der Waals surface area contributed by atoms with Gasteiger partial charge in [0.05, 0.1) is 0 Å². The Hall–Kier alpha value is -1.05. The summed E-state index contributed by atoms with van der Waals surface area (Å²) in [7, 11) is 0. The summed E-state index contributed by atoms with van der Waals surface area (Å²) in [5.41, 5.74) is 0. The van der Waals surface area contributed by atoms with Crippen molar-refractivity contribution in [1.29, 1.82) is 0 Å². The van der Waals surface area contributed by atoms with Crippen LogP contribution in [0.5, 0.6) is 0 Å². The molecule has 2 nitrogen and oxygen atoms in total. The molecule has 0 heterocycles. The standard InChI is InChI=1S/C9H15NO/c1-5-6-7-10(8(2)3)9(4)11/h5-8H,1H2,2-4H3/b7-6+. The highest BCUT2D eigenvalue weighted by molar-refractivity contribution is 5.74. The number of nitrogens with zero attached hydrogens (tertiary/aromatic N) is 1. The van der Waals surface area contributed by atoms with E-state index in [9.17, 15) is 4.79 Å². The van der Waals surface area contributed by atoms with Crippen LogP contribution in [0.1, 0.15) is 20.8 Å². The molecule has 0 N–H and O–H groups in total. The van der Waals surface area contributed by atoms with Gasteiger partial charge in [0.1, 0.15) is 0 Å². The molecule has 0 aliphatic heterocycles. The van der Waals surface area contributed by atoms with Gasteiger partial charge in [-0.25, -0.2) is 0 Å². The van der Waals surface area contributed by atoms with Crippen molar-refractivity contribution in [3.05, 3.63) is 24.9 Å². The van der Waals surface area contributed by atoms with Crippen molar-refractivity contribution in [1.82, 2.24) is 4.90 Å². The molecule has 0 aromatic heterocycles. The molecule has 1 amide bonds. The summed E-state index contributed by atoms with van der Waals surface area (Å²) in [6.45, 7) is 9.01. The van der Waals surface area contributed by atoms with Crippen LogP contribution in [0.3, 0.4) is 0 Å². The lowest BCUT2D eigenvalue weighted by molar-refractivity contribution is -0.127. The molecule has 0 bridgehead atoms. The van der Waals surface area contributed by atoms with Gasteiger partial charge in [0, 0.05) is 19.2 Å². The largest absolute Gasteiger partial charge is 0.317 e. The Labute approximate surface area is 68.2 Å². The monoisotopic (exact) mass is 153 g/mol. The maximum Gasteiger partial charge on any atom is 0.223 e. The first kappa shape index (κ1) is 9.95. The molecule has 0 aliphatic carbocycles. The molecule has 11 heavy (non-hydrogen) atoms. The van der Waals surface area contributed by atoms with Crippen LogP contribution < -0.4 is 0 Å². The van der Waals surface area contributed by atoms with Crippen molar-refractivity contribution in [2.75, 3.05) is 0 Å². The summed E-state index contributed by atoms with van der Waals surface area (Å²) >= 11 is 0. The Morgan fingerprint density at radius 3 is 2.36 bits per heavy atom. The molecule has 62 valence electrons. The highest BCUT2D eigenvalue weighted by Gasteiger charge is 2.07. The third-order valence-electron chi connectivity index (χ3n) is 1.30. The molecule has 0 atom stereocenters. The van der Waals surface area contributed by atoms with E-state index in [4.69, 9.17) is 0 Å². The van der Waals surface area contributed by atoms with Gasteiger partial charge >= 0.3 is 0 Å². The van der Waals surface area contributed by atoms with Gasteiger partial charge in [-0.3, -0.25) is 4.79 Å². The Kier molecular flexibility index (Phi) is 4.27. The maximum atomic E-state index is 10.9. The first-order chi connectivity index (χ1) is 5.09. The molecule has 0 spiro atoms. The number of hydrogen-bond donors (Lipinski definition) is 0. The molecule has 2 heteroatoms. The van der Waals surface area contributed by atoms with E-state index in [1.165, 1.54) is 0 Å². The van der Waals surface area contributed by atoms with E-state index in [0.717, 1.165) is 0 Å². The van der Waals surface area contributed by atoms with Gasteiger partial charge in [-0.1, -0.05) is 12.7 Å². The van der Waals surface area contributed by atoms with E-state index >= 15 is 0 Å². The lowest BCUT2D eigenvalue weighted by Crippen LogP contribution is -2.29. The third kappa shape index (κ3) is 3.61. The number of carbonyl (C=O) groups excluding carboxylic acids is 1. The molecule has 0 saturated carbocycles. The van der Waals surface area contributed by atoms with Crippen LogP contribution in [0.2, 0.25) is 0 Å². The predicted octanol–water partition coefficient (Wildman–Crippen LogP) is 1.94. The summed E-state index contributed by atoms with van der Waals surface area (Å²) in [6.07, 6.45) is 5.14. The van der Waals surface area contributed by atoms with Crippen molar-refractivity contribution < 1.29 is 4.79 Å². The second-order valence-corrected chi connectivity index (χ2v) is 2.60. The molecule has 0 radical (unpaired) electrons. The second kappa shape index (κ2) is 4.72. The lowest BCUT2D eigenvalue weighted by atomic mass is 10.3. The van der Waals surface area contributed by atoms with Crippen molar-refractivity contribution in [2.24, 2.45) is 0 Å². The summed E-state index contributed by atoms with van der Waals surface area (Å²) in [4.78, 5) is 12.6. The van der Waals surface area contributed by atoms with Crippen molar-refractivity contribution >= 4 is 5.91 Å². The first-order valence-corrected chi connectivity index (χ1v) is 3.67. The average molecular weight is 153 g/mol. The topological polar surface area (TPSA) is 20.3 Å².